The summed E-state index contributed by atoms with van der Waals surface area (Å²) in [5, 5.41) is 7.54. The Balaban J connectivity index is 1.53. The number of hydrogen-bond acceptors (Lipinski definition) is 3. The smallest absolute Gasteiger partial charge is 0.191 e. The van der Waals surface area contributed by atoms with Crippen LogP contribution < -0.4 is 10.6 Å². The van der Waals surface area contributed by atoms with Crippen molar-refractivity contribution in [3.05, 3.63) is 59.9 Å². The van der Waals surface area contributed by atoms with Crippen LogP contribution in [0.4, 0.5) is 4.39 Å². The standard InChI is InChI=1S/C20H25FN4O2/c1-26-12-10-24-20(23-9-7-17-3-2-11-27-17)22-8-6-15-14-25-19-5-4-16(21)13-18(15)19/h2-5,11,13-14,25H,6-10,12H2,1H3,(H2,22,23,24). The normalized spacial score (nSPS) is 11.9. The molecule has 2 heterocycles. The van der Waals surface area contributed by atoms with Gasteiger partial charge in [0, 0.05) is 43.7 Å². The largest absolute Gasteiger partial charge is 0.469 e. The van der Waals surface area contributed by atoms with E-state index >= 15 is 0 Å². The van der Waals surface area contributed by atoms with E-state index in [2.05, 4.69) is 20.6 Å². The molecule has 0 amide bonds. The molecule has 0 aliphatic carbocycles. The maximum Gasteiger partial charge on any atom is 0.191 e. The Hall–Kier alpha value is -2.80. The highest BCUT2D eigenvalue weighted by Crippen LogP contribution is 2.19. The minimum absolute atomic E-state index is 0.224. The molecule has 0 saturated heterocycles. The van der Waals surface area contributed by atoms with Crippen molar-refractivity contribution in [2.45, 2.75) is 12.8 Å². The van der Waals surface area contributed by atoms with E-state index in [4.69, 9.17) is 9.15 Å². The Morgan fingerprint density at radius 2 is 2.07 bits per heavy atom. The van der Waals surface area contributed by atoms with Gasteiger partial charge in [-0.25, -0.2) is 4.39 Å². The van der Waals surface area contributed by atoms with Gasteiger partial charge in [-0.15, -0.1) is 0 Å². The fourth-order valence-corrected chi connectivity index (χ4v) is 2.86. The second kappa shape index (κ2) is 9.78. The molecule has 0 radical (unpaired) electrons. The van der Waals surface area contributed by atoms with Gasteiger partial charge in [-0.3, -0.25) is 4.99 Å². The van der Waals surface area contributed by atoms with E-state index in [1.807, 2.05) is 18.3 Å². The van der Waals surface area contributed by atoms with Crippen molar-refractivity contribution < 1.29 is 13.5 Å². The van der Waals surface area contributed by atoms with Gasteiger partial charge in [0.25, 0.3) is 0 Å². The van der Waals surface area contributed by atoms with Crippen LogP contribution in [0.2, 0.25) is 0 Å². The first-order valence-electron chi connectivity index (χ1n) is 9.05. The van der Waals surface area contributed by atoms with E-state index in [-0.39, 0.29) is 5.82 Å². The zero-order valence-electron chi connectivity index (χ0n) is 15.4. The average Bonchev–Trinajstić information content (AvgIpc) is 3.31. The van der Waals surface area contributed by atoms with Crippen LogP contribution in [0.25, 0.3) is 10.9 Å². The maximum absolute atomic E-state index is 13.5. The van der Waals surface area contributed by atoms with Crippen molar-refractivity contribution in [3.8, 4) is 0 Å². The van der Waals surface area contributed by atoms with Gasteiger partial charge < -0.3 is 24.8 Å². The number of hydrogen-bond donors (Lipinski definition) is 3. The van der Waals surface area contributed by atoms with Gasteiger partial charge in [0.15, 0.2) is 5.96 Å². The first-order valence-corrected chi connectivity index (χ1v) is 9.05. The van der Waals surface area contributed by atoms with Gasteiger partial charge in [0.2, 0.25) is 0 Å². The summed E-state index contributed by atoms with van der Waals surface area (Å²) < 4.78 is 23.9. The molecule has 0 atom stereocenters. The van der Waals surface area contributed by atoms with Crippen molar-refractivity contribution in [1.82, 2.24) is 15.6 Å². The van der Waals surface area contributed by atoms with Gasteiger partial charge in [-0.05, 0) is 42.3 Å². The number of benzene rings is 1. The van der Waals surface area contributed by atoms with E-state index < -0.39 is 0 Å². The molecule has 7 heteroatoms. The molecule has 3 aromatic rings. The number of halogens is 1. The summed E-state index contributed by atoms with van der Waals surface area (Å²) >= 11 is 0. The van der Waals surface area contributed by atoms with Gasteiger partial charge in [0.1, 0.15) is 11.6 Å². The summed E-state index contributed by atoms with van der Waals surface area (Å²) in [6.07, 6.45) is 5.13. The number of furan rings is 1. The third-order valence-electron chi connectivity index (χ3n) is 4.23. The highest BCUT2D eigenvalue weighted by molar-refractivity contribution is 5.83. The lowest BCUT2D eigenvalue weighted by atomic mass is 10.1. The molecular formula is C20H25FN4O2. The number of ether oxygens (including phenoxy) is 1. The van der Waals surface area contributed by atoms with E-state index in [0.29, 0.717) is 26.2 Å². The Bertz CT molecular complexity index is 858. The number of guanidine groups is 1. The van der Waals surface area contributed by atoms with Crippen LogP contribution >= 0.6 is 0 Å². The second-order valence-electron chi connectivity index (χ2n) is 6.16. The molecule has 0 aliphatic rings. The first-order chi connectivity index (χ1) is 13.3. The molecule has 1 aromatic carbocycles. The van der Waals surface area contributed by atoms with Gasteiger partial charge >= 0.3 is 0 Å². The van der Waals surface area contributed by atoms with E-state index in [1.54, 1.807) is 25.5 Å². The lowest BCUT2D eigenvalue weighted by Crippen LogP contribution is -2.39. The highest BCUT2D eigenvalue weighted by atomic mass is 19.1. The Morgan fingerprint density at radius 3 is 2.85 bits per heavy atom. The number of nitrogens with zero attached hydrogens (tertiary/aromatic N) is 1. The Kier molecular flexibility index (Phi) is 6.87. The molecule has 2 aromatic heterocycles. The average molecular weight is 372 g/mol. The molecule has 6 nitrogen and oxygen atoms in total. The Morgan fingerprint density at radius 1 is 1.22 bits per heavy atom. The molecule has 0 aliphatic heterocycles. The molecule has 3 N–H and O–H groups in total. The molecule has 0 fully saturated rings. The van der Waals surface area contributed by atoms with Crippen molar-refractivity contribution in [1.29, 1.82) is 0 Å². The van der Waals surface area contributed by atoms with Crippen LogP contribution in [0.3, 0.4) is 0 Å². The summed E-state index contributed by atoms with van der Waals surface area (Å²) in [5.74, 6) is 1.43. The van der Waals surface area contributed by atoms with Crippen molar-refractivity contribution in [2.24, 2.45) is 4.99 Å². The quantitative estimate of drug-likeness (QED) is 0.307. The lowest BCUT2D eigenvalue weighted by Gasteiger charge is -2.12. The predicted molar refractivity (Wildman–Crippen MR) is 105 cm³/mol. The lowest BCUT2D eigenvalue weighted by molar-refractivity contribution is 0.208. The van der Waals surface area contributed by atoms with Crippen molar-refractivity contribution in [3.63, 3.8) is 0 Å². The van der Waals surface area contributed by atoms with E-state index in [0.717, 1.165) is 41.0 Å². The number of aliphatic imine (C=N–C) groups is 1. The number of rotatable bonds is 9. The fraction of sp³-hybridized carbons (Fsp3) is 0.350. The van der Waals surface area contributed by atoms with E-state index in [9.17, 15) is 4.39 Å². The fourth-order valence-electron chi connectivity index (χ4n) is 2.86. The number of aromatic nitrogens is 1. The van der Waals surface area contributed by atoms with Gasteiger partial charge in [-0.1, -0.05) is 0 Å². The zero-order chi connectivity index (χ0) is 18.9. The molecule has 0 unspecified atom stereocenters. The van der Waals surface area contributed by atoms with Gasteiger partial charge in [0.05, 0.1) is 19.4 Å². The van der Waals surface area contributed by atoms with Crippen LogP contribution in [-0.2, 0) is 17.6 Å². The molecule has 27 heavy (non-hydrogen) atoms. The van der Waals surface area contributed by atoms with E-state index in [1.165, 1.54) is 6.07 Å². The number of nitrogens with one attached hydrogen (secondary N) is 3. The predicted octanol–water partition coefficient (Wildman–Crippen LogP) is 2.87. The molecule has 0 saturated carbocycles. The van der Waals surface area contributed by atoms with Crippen LogP contribution in [0.15, 0.2) is 52.2 Å². The highest BCUT2D eigenvalue weighted by Gasteiger charge is 2.06. The van der Waals surface area contributed by atoms with Crippen molar-refractivity contribution in [2.75, 3.05) is 33.4 Å². The third kappa shape index (κ3) is 5.59. The molecular weight excluding hydrogens is 347 g/mol. The zero-order valence-corrected chi connectivity index (χ0v) is 15.4. The number of aromatic amines is 1. The van der Waals surface area contributed by atoms with Crippen LogP contribution in [0, 0.1) is 5.82 Å². The van der Waals surface area contributed by atoms with Crippen LogP contribution in [0.5, 0.6) is 0 Å². The Labute approximate surface area is 157 Å². The molecule has 3 rings (SSSR count). The molecule has 0 spiro atoms. The minimum atomic E-state index is -0.224. The van der Waals surface area contributed by atoms with Crippen molar-refractivity contribution >= 4 is 16.9 Å². The second-order valence-corrected chi connectivity index (χ2v) is 6.16. The monoisotopic (exact) mass is 372 g/mol. The van der Waals surface area contributed by atoms with Gasteiger partial charge in [-0.2, -0.15) is 0 Å². The number of H-pyrrole nitrogens is 1. The number of methoxy groups -OCH3 is 1. The maximum atomic E-state index is 13.5. The van der Waals surface area contributed by atoms with Crippen LogP contribution in [0.1, 0.15) is 11.3 Å². The minimum Gasteiger partial charge on any atom is -0.469 e. The molecule has 0 bridgehead atoms. The topological polar surface area (TPSA) is 74.6 Å². The third-order valence-corrected chi connectivity index (χ3v) is 4.23. The molecule has 144 valence electrons. The first kappa shape index (κ1) is 19.0. The summed E-state index contributed by atoms with van der Waals surface area (Å²) in [4.78, 5) is 7.68. The summed E-state index contributed by atoms with van der Waals surface area (Å²) in [6.45, 7) is 2.53. The summed E-state index contributed by atoms with van der Waals surface area (Å²) in [5.41, 5.74) is 2.01. The van der Waals surface area contributed by atoms with Crippen LogP contribution in [-0.4, -0.2) is 44.3 Å². The SMILES string of the molecule is COCCN=C(NCCc1ccco1)NCCc1c[nH]c2ccc(F)cc12. The summed E-state index contributed by atoms with van der Waals surface area (Å²) in [7, 11) is 1.66. The summed E-state index contributed by atoms with van der Waals surface area (Å²) in [6, 6.07) is 8.62. The number of fused-ring (bicyclic) bond motifs is 1.